The van der Waals surface area contributed by atoms with Crippen LogP contribution in [0.25, 0.3) is 6.08 Å². The fourth-order valence-corrected chi connectivity index (χ4v) is 2.65. The average Bonchev–Trinajstić information content (AvgIpc) is 2.66. The van der Waals surface area contributed by atoms with E-state index in [1.807, 2.05) is 0 Å². The van der Waals surface area contributed by atoms with Gasteiger partial charge >= 0.3 is 5.97 Å². The van der Waals surface area contributed by atoms with Crippen molar-refractivity contribution in [3.8, 4) is 0 Å². The first-order valence-corrected chi connectivity index (χ1v) is 7.39. The molecule has 2 rings (SSSR count). The van der Waals surface area contributed by atoms with E-state index in [1.165, 1.54) is 24.3 Å². The lowest BCUT2D eigenvalue weighted by Crippen LogP contribution is -2.35. The monoisotopic (exact) mass is 323 g/mol. The van der Waals surface area contributed by atoms with Crippen LogP contribution in [0.3, 0.4) is 0 Å². The topological polar surface area (TPSA) is 63.7 Å². The van der Waals surface area contributed by atoms with Gasteiger partial charge in [0.25, 0.3) is 11.1 Å². The van der Waals surface area contributed by atoms with Crippen molar-refractivity contribution in [2.24, 2.45) is 0 Å². The van der Waals surface area contributed by atoms with E-state index >= 15 is 0 Å². The Kier molecular flexibility index (Phi) is 4.97. The van der Waals surface area contributed by atoms with Crippen LogP contribution in [0.5, 0.6) is 0 Å². The molecule has 0 radical (unpaired) electrons. The molecule has 0 spiro atoms. The van der Waals surface area contributed by atoms with Crippen LogP contribution in [-0.2, 0) is 14.3 Å². The molecular formula is C15H14FNO4S. The van der Waals surface area contributed by atoms with Gasteiger partial charge in [0.15, 0.2) is 0 Å². The third-order valence-corrected chi connectivity index (χ3v) is 3.58. The zero-order valence-electron chi connectivity index (χ0n) is 12.0. The van der Waals surface area contributed by atoms with Gasteiger partial charge < -0.3 is 4.74 Å². The molecule has 0 saturated carbocycles. The largest absolute Gasteiger partial charge is 0.462 e. The Balaban J connectivity index is 2.13. The lowest BCUT2D eigenvalue weighted by atomic mass is 10.2. The number of rotatable bonds is 4. The highest BCUT2D eigenvalue weighted by molar-refractivity contribution is 8.18. The van der Waals surface area contributed by atoms with Gasteiger partial charge in [-0.05, 0) is 49.4 Å². The van der Waals surface area contributed by atoms with Crippen LogP contribution in [-0.4, -0.2) is 34.7 Å². The van der Waals surface area contributed by atoms with Crippen LogP contribution >= 0.6 is 11.8 Å². The molecule has 0 N–H and O–H groups in total. The summed E-state index contributed by atoms with van der Waals surface area (Å²) in [6.07, 6.45) is 1.09. The maximum atomic E-state index is 13.1. The molecule has 1 heterocycles. The molecule has 0 aromatic heterocycles. The Morgan fingerprint density at radius 3 is 2.77 bits per heavy atom. The molecule has 0 aliphatic carbocycles. The molecule has 1 aliphatic rings. The van der Waals surface area contributed by atoms with Crippen molar-refractivity contribution in [2.45, 2.75) is 20.0 Å². The smallest absolute Gasteiger partial charge is 0.326 e. The first-order valence-electron chi connectivity index (χ1n) is 6.57. The number of amides is 2. The van der Waals surface area contributed by atoms with E-state index in [2.05, 4.69) is 0 Å². The van der Waals surface area contributed by atoms with Gasteiger partial charge in [-0.1, -0.05) is 12.1 Å². The highest BCUT2D eigenvalue weighted by Gasteiger charge is 2.36. The second kappa shape index (κ2) is 6.74. The maximum Gasteiger partial charge on any atom is 0.326 e. The number of imide groups is 1. The van der Waals surface area contributed by atoms with Gasteiger partial charge in [0.2, 0.25) is 0 Å². The fourth-order valence-electron chi connectivity index (χ4n) is 1.81. The number of hydrogen-bond acceptors (Lipinski definition) is 5. The minimum Gasteiger partial charge on any atom is -0.462 e. The quantitative estimate of drug-likeness (QED) is 0.630. The minimum atomic E-state index is -0.649. The summed E-state index contributed by atoms with van der Waals surface area (Å²) in [7, 11) is 0. The van der Waals surface area contributed by atoms with Crippen molar-refractivity contribution in [3.63, 3.8) is 0 Å². The Labute approximate surface area is 131 Å². The molecule has 1 aromatic rings. The molecule has 22 heavy (non-hydrogen) atoms. The Hall–Kier alpha value is -2.15. The van der Waals surface area contributed by atoms with Crippen molar-refractivity contribution < 1.29 is 23.5 Å². The number of halogens is 1. The summed E-state index contributed by atoms with van der Waals surface area (Å²) in [5.41, 5.74) is 0.468. The minimum absolute atomic E-state index is 0.146. The molecule has 1 fully saturated rings. The van der Waals surface area contributed by atoms with Crippen LogP contribution in [0.15, 0.2) is 29.2 Å². The third-order valence-electron chi connectivity index (χ3n) is 2.67. The van der Waals surface area contributed by atoms with E-state index in [1.54, 1.807) is 19.9 Å². The van der Waals surface area contributed by atoms with E-state index < -0.39 is 29.5 Å². The van der Waals surface area contributed by atoms with Gasteiger partial charge in [-0.15, -0.1) is 0 Å². The van der Waals surface area contributed by atoms with Crippen molar-refractivity contribution >= 4 is 35.0 Å². The summed E-state index contributed by atoms with van der Waals surface area (Å²) in [6, 6.07) is 5.65. The lowest BCUT2D eigenvalue weighted by Gasteiger charge is -2.13. The Morgan fingerprint density at radius 1 is 1.41 bits per heavy atom. The van der Waals surface area contributed by atoms with Crippen LogP contribution in [0.1, 0.15) is 19.4 Å². The molecule has 1 aliphatic heterocycles. The number of ether oxygens (including phenoxy) is 1. The molecule has 7 heteroatoms. The van der Waals surface area contributed by atoms with Gasteiger partial charge in [-0.2, -0.15) is 0 Å². The van der Waals surface area contributed by atoms with Crippen molar-refractivity contribution in [3.05, 3.63) is 40.6 Å². The molecular weight excluding hydrogens is 309 g/mol. The van der Waals surface area contributed by atoms with Crippen molar-refractivity contribution in [1.82, 2.24) is 4.90 Å². The van der Waals surface area contributed by atoms with Crippen LogP contribution in [0.2, 0.25) is 0 Å². The number of benzene rings is 1. The standard InChI is InChI=1S/C15H14FNO4S/c1-9(2)21-13(18)8-17-14(19)12(22-15(17)20)7-10-4-3-5-11(16)6-10/h3-7,9H,8H2,1-2H3/b12-7-. The normalized spacial score (nSPS) is 16.7. The van der Waals surface area contributed by atoms with E-state index in [-0.39, 0.29) is 11.0 Å². The van der Waals surface area contributed by atoms with E-state index in [0.717, 1.165) is 4.90 Å². The molecule has 1 saturated heterocycles. The molecule has 1 aromatic carbocycles. The first kappa shape index (κ1) is 16.2. The predicted octanol–water partition coefficient (Wildman–Crippen LogP) is 2.81. The van der Waals surface area contributed by atoms with Gasteiger partial charge in [-0.25, -0.2) is 4.39 Å². The number of thioether (sulfide) groups is 1. The highest BCUT2D eigenvalue weighted by Crippen LogP contribution is 2.32. The van der Waals surface area contributed by atoms with Gasteiger partial charge in [-0.3, -0.25) is 19.3 Å². The first-order chi connectivity index (χ1) is 10.4. The molecule has 5 nitrogen and oxygen atoms in total. The van der Waals surface area contributed by atoms with Gasteiger partial charge in [0.05, 0.1) is 11.0 Å². The van der Waals surface area contributed by atoms with Gasteiger partial charge in [0, 0.05) is 0 Å². The predicted molar refractivity (Wildman–Crippen MR) is 80.3 cm³/mol. The molecule has 0 atom stereocenters. The van der Waals surface area contributed by atoms with Crippen LogP contribution in [0.4, 0.5) is 9.18 Å². The second-order valence-electron chi connectivity index (χ2n) is 4.86. The number of hydrogen-bond donors (Lipinski definition) is 0. The Bertz CT molecular complexity index is 657. The summed E-state index contributed by atoms with van der Waals surface area (Å²) in [5, 5.41) is -0.548. The third kappa shape index (κ3) is 3.94. The maximum absolute atomic E-state index is 13.1. The fraction of sp³-hybridized carbons (Fsp3) is 0.267. The van der Waals surface area contributed by atoms with E-state index in [0.29, 0.717) is 17.3 Å². The second-order valence-corrected chi connectivity index (χ2v) is 5.85. The van der Waals surface area contributed by atoms with Crippen molar-refractivity contribution in [2.75, 3.05) is 6.54 Å². The average molecular weight is 323 g/mol. The van der Waals surface area contributed by atoms with E-state index in [4.69, 9.17) is 4.74 Å². The summed E-state index contributed by atoms with van der Waals surface area (Å²) in [4.78, 5) is 36.5. The Morgan fingerprint density at radius 2 is 2.14 bits per heavy atom. The number of carbonyl (C=O) groups is 3. The summed E-state index contributed by atoms with van der Waals surface area (Å²) < 4.78 is 18.0. The van der Waals surface area contributed by atoms with Crippen LogP contribution < -0.4 is 0 Å². The molecule has 0 bridgehead atoms. The van der Waals surface area contributed by atoms with Gasteiger partial charge in [0.1, 0.15) is 12.4 Å². The van der Waals surface area contributed by atoms with Crippen molar-refractivity contribution in [1.29, 1.82) is 0 Å². The summed E-state index contributed by atoms with van der Waals surface area (Å²) in [5.74, 6) is -1.67. The number of nitrogens with zero attached hydrogens (tertiary/aromatic N) is 1. The number of esters is 1. The van der Waals surface area contributed by atoms with E-state index in [9.17, 15) is 18.8 Å². The molecule has 2 amide bonds. The zero-order valence-corrected chi connectivity index (χ0v) is 12.9. The highest BCUT2D eigenvalue weighted by atomic mass is 32.2. The zero-order chi connectivity index (χ0) is 16.3. The summed E-state index contributed by atoms with van der Waals surface area (Å²) >= 11 is 0.712. The SMILES string of the molecule is CC(C)OC(=O)CN1C(=O)S/C(=C\c2cccc(F)c2)C1=O. The number of carbonyl (C=O) groups excluding carboxylic acids is 3. The summed E-state index contributed by atoms with van der Waals surface area (Å²) in [6.45, 7) is 2.93. The molecule has 116 valence electrons. The lowest BCUT2D eigenvalue weighted by molar-refractivity contribution is -0.149. The molecule has 0 unspecified atom stereocenters. The van der Waals surface area contributed by atoms with Crippen LogP contribution in [0, 0.1) is 5.82 Å².